The fourth-order valence-electron chi connectivity index (χ4n) is 1.88. The van der Waals surface area contributed by atoms with Crippen LogP contribution in [0, 0.1) is 18.3 Å². The molecular formula is C15H14BrN3. The molecule has 19 heavy (non-hydrogen) atoms. The van der Waals surface area contributed by atoms with E-state index in [4.69, 9.17) is 5.26 Å². The van der Waals surface area contributed by atoms with Gasteiger partial charge in [-0.25, -0.2) is 4.98 Å². The van der Waals surface area contributed by atoms with Crippen LogP contribution in [0.15, 0.2) is 41.0 Å². The molecule has 4 heteroatoms. The highest BCUT2D eigenvalue weighted by molar-refractivity contribution is 9.10. The van der Waals surface area contributed by atoms with Gasteiger partial charge in [-0.2, -0.15) is 5.26 Å². The van der Waals surface area contributed by atoms with Crippen LogP contribution in [-0.2, 0) is 0 Å². The van der Waals surface area contributed by atoms with Gasteiger partial charge < -0.3 is 5.32 Å². The lowest BCUT2D eigenvalue weighted by Crippen LogP contribution is -2.08. The molecule has 1 N–H and O–H groups in total. The predicted molar refractivity (Wildman–Crippen MR) is 79.9 cm³/mol. The van der Waals surface area contributed by atoms with Crippen molar-refractivity contribution >= 4 is 21.6 Å². The predicted octanol–water partition coefficient (Wildman–Crippen LogP) is 4.20. The first-order chi connectivity index (χ1) is 9.10. The quantitative estimate of drug-likeness (QED) is 0.864. The minimum Gasteiger partial charge on any atom is -0.377 e. The van der Waals surface area contributed by atoms with Crippen LogP contribution in [0.1, 0.15) is 29.8 Å². The number of hydrogen-bond acceptors (Lipinski definition) is 3. The second kappa shape index (κ2) is 5.85. The highest BCUT2D eigenvalue weighted by atomic mass is 79.9. The summed E-state index contributed by atoms with van der Waals surface area (Å²) in [6.45, 7) is 4.03. The number of nitriles is 1. The first-order valence-corrected chi connectivity index (χ1v) is 6.79. The van der Waals surface area contributed by atoms with E-state index >= 15 is 0 Å². The van der Waals surface area contributed by atoms with Crippen LogP contribution < -0.4 is 5.32 Å². The molecule has 1 heterocycles. The van der Waals surface area contributed by atoms with Gasteiger partial charge in [0.1, 0.15) is 4.60 Å². The fourth-order valence-corrected chi connectivity index (χ4v) is 2.28. The third kappa shape index (κ3) is 3.33. The van der Waals surface area contributed by atoms with E-state index in [0.29, 0.717) is 5.56 Å². The summed E-state index contributed by atoms with van der Waals surface area (Å²) in [6.07, 6.45) is 0. The molecule has 1 aromatic heterocycles. The molecule has 0 fully saturated rings. The Bertz CT molecular complexity index is 632. The number of hydrogen-bond donors (Lipinski definition) is 1. The van der Waals surface area contributed by atoms with Crippen LogP contribution in [0.5, 0.6) is 0 Å². The Kier molecular flexibility index (Phi) is 4.18. The van der Waals surface area contributed by atoms with Crippen molar-refractivity contribution in [1.82, 2.24) is 4.98 Å². The summed E-state index contributed by atoms with van der Waals surface area (Å²) in [7, 11) is 0. The van der Waals surface area contributed by atoms with Crippen molar-refractivity contribution in [2.45, 2.75) is 19.9 Å². The van der Waals surface area contributed by atoms with E-state index in [1.54, 1.807) is 0 Å². The molecule has 1 atom stereocenters. The Balaban J connectivity index is 2.20. The zero-order chi connectivity index (χ0) is 13.8. The number of nitrogens with zero attached hydrogens (tertiary/aromatic N) is 2. The number of benzene rings is 1. The number of anilines is 1. The van der Waals surface area contributed by atoms with E-state index in [1.165, 1.54) is 0 Å². The van der Waals surface area contributed by atoms with Crippen LogP contribution in [0.4, 0.5) is 5.69 Å². The van der Waals surface area contributed by atoms with Crippen molar-refractivity contribution < 1.29 is 0 Å². The summed E-state index contributed by atoms with van der Waals surface area (Å²) >= 11 is 3.35. The van der Waals surface area contributed by atoms with Gasteiger partial charge in [0, 0.05) is 6.04 Å². The topological polar surface area (TPSA) is 48.7 Å². The van der Waals surface area contributed by atoms with Crippen LogP contribution in [-0.4, -0.2) is 4.98 Å². The van der Waals surface area contributed by atoms with Gasteiger partial charge in [0.15, 0.2) is 0 Å². The maximum Gasteiger partial charge on any atom is 0.106 e. The van der Waals surface area contributed by atoms with Gasteiger partial charge in [0.05, 0.1) is 23.0 Å². The molecule has 0 aliphatic rings. The van der Waals surface area contributed by atoms with Crippen LogP contribution in [0.3, 0.4) is 0 Å². The molecule has 0 spiro atoms. The van der Waals surface area contributed by atoms with E-state index in [9.17, 15) is 0 Å². The standard InChI is InChI=1S/C15H14BrN3/c1-10(13-5-3-4-12(8-13)9-17)18-14-6-7-15(16)19-11(14)2/h3-8,10,18H,1-2H3. The van der Waals surface area contributed by atoms with Crippen molar-refractivity contribution in [1.29, 1.82) is 5.26 Å². The average molecular weight is 316 g/mol. The Morgan fingerprint density at radius 2 is 2.11 bits per heavy atom. The van der Waals surface area contributed by atoms with Crippen molar-refractivity contribution in [3.8, 4) is 6.07 Å². The molecule has 2 aromatic rings. The zero-order valence-electron chi connectivity index (χ0n) is 10.8. The van der Waals surface area contributed by atoms with E-state index in [0.717, 1.165) is 21.5 Å². The number of rotatable bonds is 3. The Labute approximate surface area is 121 Å². The maximum absolute atomic E-state index is 8.92. The zero-order valence-corrected chi connectivity index (χ0v) is 12.4. The number of aromatic nitrogens is 1. The molecule has 1 aromatic carbocycles. The van der Waals surface area contributed by atoms with Gasteiger partial charge in [-0.3, -0.25) is 0 Å². The van der Waals surface area contributed by atoms with Crippen molar-refractivity contribution in [3.63, 3.8) is 0 Å². The average Bonchev–Trinajstić information content (AvgIpc) is 2.42. The first kappa shape index (κ1) is 13.6. The summed E-state index contributed by atoms with van der Waals surface area (Å²) in [5.74, 6) is 0. The largest absolute Gasteiger partial charge is 0.377 e. The maximum atomic E-state index is 8.92. The van der Waals surface area contributed by atoms with Crippen LogP contribution >= 0.6 is 15.9 Å². The highest BCUT2D eigenvalue weighted by Gasteiger charge is 2.08. The van der Waals surface area contributed by atoms with Gasteiger partial charge in [0.2, 0.25) is 0 Å². The Morgan fingerprint density at radius 1 is 1.32 bits per heavy atom. The van der Waals surface area contributed by atoms with Gasteiger partial charge in [-0.15, -0.1) is 0 Å². The lowest BCUT2D eigenvalue weighted by Gasteiger charge is -2.17. The smallest absolute Gasteiger partial charge is 0.106 e. The molecule has 0 saturated carbocycles. The monoisotopic (exact) mass is 315 g/mol. The molecule has 0 radical (unpaired) electrons. The fraction of sp³-hybridized carbons (Fsp3) is 0.200. The molecule has 2 rings (SSSR count). The molecule has 0 aliphatic heterocycles. The number of pyridine rings is 1. The minimum absolute atomic E-state index is 0.120. The molecule has 96 valence electrons. The third-order valence-corrected chi connectivity index (χ3v) is 3.38. The third-order valence-electron chi connectivity index (χ3n) is 2.94. The molecule has 0 amide bonds. The molecule has 1 unspecified atom stereocenters. The lowest BCUT2D eigenvalue weighted by molar-refractivity contribution is 0.878. The number of halogens is 1. The summed E-state index contributed by atoms with van der Waals surface area (Å²) in [5, 5.41) is 12.3. The van der Waals surface area contributed by atoms with E-state index in [1.807, 2.05) is 43.3 Å². The SMILES string of the molecule is Cc1nc(Br)ccc1NC(C)c1cccc(C#N)c1. The summed E-state index contributed by atoms with van der Waals surface area (Å²) < 4.78 is 0.828. The number of aryl methyl sites for hydroxylation is 1. The molecular weight excluding hydrogens is 302 g/mol. The summed E-state index contributed by atoms with van der Waals surface area (Å²) in [6, 6.07) is 13.8. The van der Waals surface area contributed by atoms with Gasteiger partial charge in [-0.1, -0.05) is 12.1 Å². The van der Waals surface area contributed by atoms with E-state index < -0.39 is 0 Å². The molecule has 0 bridgehead atoms. The summed E-state index contributed by atoms with van der Waals surface area (Å²) in [5.41, 5.74) is 3.70. The van der Waals surface area contributed by atoms with Crippen molar-refractivity contribution in [2.24, 2.45) is 0 Å². The Hall–Kier alpha value is -1.86. The second-order valence-electron chi connectivity index (χ2n) is 4.37. The Morgan fingerprint density at radius 3 is 2.79 bits per heavy atom. The lowest BCUT2D eigenvalue weighted by atomic mass is 10.1. The normalized spacial score (nSPS) is 11.7. The molecule has 0 aliphatic carbocycles. The van der Waals surface area contributed by atoms with Crippen molar-refractivity contribution in [2.75, 3.05) is 5.32 Å². The summed E-state index contributed by atoms with van der Waals surface area (Å²) in [4.78, 5) is 4.36. The first-order valence-electron chi connectivity index (χ1n) is 6.00. The van der Waals surface area contributed by atoms with E-state index in [2.05, 4.69) is 39.2 Å². The number of nitrogens with one attached hydrogen (secondary N) is 1. The van der Waals surface area contributed by atoms with Gasteiger partial charge in [0.25, 0.3) is 0 Å². The molecule has 0 saturated heterocycles. The molecule has 3 nitrogen and oxygen atoms in total. The second-order valence-corrected chi connectivity index (χ2v) is 5.18. The van der Waals surface area contributed by atoms with Crippen LogP contribution in [0.2, 0.25) is 0 Å². The van der Waals surface area contributed by atoms with Crippen LogP contribution in [0.25, 0.3) is 0 Å². The highest BCUT2D eigenvalue weighted by Crippen LogP contribution is 2.23. The van der Waals surface area contributed by atoms with E-state index in [-0.39, 0.29) is 6.04 Å². The van der Waals surface area contributed by atoms with Gasteiger partial charge in [-0.05, 0) is 59.6 Å². The van der Waals surface area contributed by atoms with Gasteiger partial charge >= 0.3 is 0 Å². The minimum atomic E-state index is 0.120. The van der Waals surface area contributed by atoms with Crippen molar-refractivity contribution in [3.05, 3.63) is 57.8 Å².